The van der Waals surface area contributed by atoms with Gasteiger partial charge in [-0.15, -0.1) is 0 Å². The van der Waals surface area contributed by atoms with Crippen molar-refractivity contribution < 1.29 is 9.53 Å². The first kappa shape index (κ1) is 14.2. The number of halogens is 1. The van der Waals surface area contributed by atoms with Gasteiger partial charge >= 0.3 is 6.09 Å². The summed E-state index contributed by atoms with van der Waals surface area (Å²) in [5, 5.41) is 0.674. The van der Waals surface area contributed by atoms with E-state index < -0.39 is 0 Å². The number of rotatable bonds is 1. The van der Waals surface area contributed by atoms with Gasteiger partial charge in [0.25, 0.3) is 0 Å². The Bertz CT molecular complexity index is 487. The highest BCUT2D eigenvalue weighted by molar-refractivity contribution is 6.30. The summed E-state index contributed by atoms with van der Waals surface area (Å²) >= 11 is 6.08. The topological polar surface area (TPSA) is 29.5 Å². The van der Waals surface area contributed by atoms with Crippen LogP contribution in [-0.2, 0) is 4.74 Å². The fourth-order valence-electron chi connectivity index (χ4n) is 2.73. The third kappa shape index (κ3) is 2.71. The zero-order valence-electron chi connectivity index (χ0n) is 12.0. The number of carbonyl (C=O) groups is 1. The van der Waals surface area contributed by atoms with E-state index in [4.69, 9.17) is 16.3 Å². The van der Waals surface area contributed by atoms with E-state index >= 15 is 0 Å². The van der Waals surface area contributed by atoms with Gasteiger partial charge < -0.3 is 4.74 Å². The second kappa shape index (κ2) is 4.71. The standard InChI is InChI=1S/C15H20ClNO2/c1-9-6-11(8-12(16)7-9)13-10(2)17(14(18)19-13)15(3,4)5/h6-8,10,13H,1-5H3/t10-,13-/m0/s1. The van der Waals surface area contributed by atoms with Crippen molar-refractivity contribution in [3.05, 3.63) is 34.3 Å². The SMILES string of the molecule is Cc1cc(Cl)cc([C@H]2OC(=O)N(C(C)(C)C)[C@H]2C)c1. The molecule has 2 rings (SSSR count). The van der Waals surface area contributed by atoms with Crippen molar-refractivity contribution in [2.45, 2.75) is 52.3 Å². The summed E-state index contributed by atoms with van der Waals surface area (Å²) in [6, 6.07) is 5.78. The highest BCUT2D eigenvalue weighted by Crippen LogP contribution is 2.37. The number of hydrogen-bond donors (Lipinski definition) is 0. The second-order valence-corrected chi connectivity index (χ2v) is 6.58. The largest absolute Gasteiger partial charge is 0.439 e. The maximum absolute atomic E-state index is 12.1. The number of nitrogens with zero attached hydrogens (tertiary/aromatic N) is 1. The van der Waals surface area contributed by atoms with Crippen LogP contribution < -0.4 is 0 Å². The van der Waals surface area contributed by atoms with Gasteiger partial charge in [-0.05, 0) is 57.9 Å². The van der Waals surface area contributed by atoms with Crippen molar-refractivity contribution in [3.63, 3.8) is 0 Å². The summed E-state index contributed by atoms with van der Waals surface area (Å²) in [6.07, 6.45) is -0.522. The van der Waals surface area contributed by atoms with Crippen molar-refractivity contribution in [1.82, 2.24) is 4.90 Å². The van der Waals surface area contributed by atoms with Crippen molar-refractivity contribution in [2.24, 2.45) is 0 Å². The lowest BCUT2D eigenvalue weighted by molar-refractivity contribution is 0.119. The number of amides is 1. The smallest absolute Gasteiger partial charge is 0.411 e. The molecule has 4 heteroatoms. The maximum atomic E-state index is 12.1. The molecule has 0 unspecified atom stereocenters. The molecular formula is C15H20ClNO2. The Kier molecular flexibility index (Phi) is 3.52. The highest BCUT2D eigenvalue weighted by Gasteiger charge is 2.44. The Morgan fingerprint density at radius 3 is 2.37 bits per heavy atom. The van der Waals surface area contributed by atoms with Gasteiger partial charge in [-0.25, -0.2) is 4.79 Å². The van der Waals surface area contributed by atoms with Crippen LogP contribution in [0, 0.1) is 6.92 Å². The summed E-state index contributed by atoms with van der Waals surface area (Å²) in [5.74, 6) is 0. The summed E-state index contributed by atoms with van der Waals surface area (Å²) in [5.41, 5.74) is 1.77. The van der Waals surface area contributed by atoms with E-state index in [0.717, 1.165) is 11.1 Å². The minimum absolute atomic E-state index is 0.00892. The normalized spacial score (nSPS) is 23.7. The maximum Gasteiger partial charge on any atom is 0.411 e. The summed E-state index contributed by atoms with van der Waals surface area (Å²) in [6.45, 7) is 10.0. The van der Waals surface area contributed by atoms with Gasteiger partial charge in [0, 0.05) is 10.6 Å². The Hall–Kier alpha value is -1.22. The minimum atomic E-state index is -0.261. The number of cyclic esters (lactones) is 1. The molecule has 3 nitrogen and oxygen atoms in total. The number of hydrogen-bond acceptors (Lipinski definition) is 2. The van der Waals surface area contributed by atoms with Gasteiger partial charge in [-0.1, -0.05) is 17.7 Å². The van der Waals surface area contributed by atoms with Crippen LogP contribution in [0.4, 0.5) is 4.79 Å². The first-order valence-electron chi connectivity index (χ1n) is 6.47. The summed E-state index contributed by atoms with van der Waals surface area (Å²) in [7, 11) is 0. The number of aryl methyl sites for hydroxylation is 1. The molecule has 0 aromatic heterocycles. The van der Waals surface area contributed by atoms with E-state index in [1.54, 1.807) is 4.90 Å². The Morgan fingerprint density at radius 1 is 1.26 bits per heavy atom. The lowest BCUT2D eigenvalue weighted by atomic mass is 9.98. The molecule has 0 radical (unpaired) electrons. The fourth-order valence-corrected chi connectivity index (χ4v) is 3.02. The molecule has 1 aromatic rings. The van der Waals surface area contributed by atoms with E-state index in [-0.39, 0.29) is 23.8 Å². The molecule has 1 aliphatic rings. The molecule has 19 heavy (non-hydrogen) atoms. The molecule has 0 spiro atoms. The van der Waals surface area contributed by atoms with Crippen LogP contribution in [0.3, 0.4) is 0 Å². The van der Waals surface area contributed by atoms with Gasteiger partial charge in [-0.3, -0.25) is 4.90 Å². The molecule has 0 bridgehead atoms. The Balaban J connectivity index is 2.35. The predicted octanol–water partition coefficient (Wildman–Crippen LogP) is 4.33. The van der Waals surface area contributed by atoms with E-state index in [9.17, 15) is 4.79 Å². The molecule has 1 amide bonds. The molecule has 0 aliphatic carbocycles. The molecule has 1 fully saturated rings. The first-order valence-corrected chi connectivity index (χ1v) is 6.85. The number of ether oxygens (including phenoxy) is 1. The van der Waals surface area contributed by atoms with Gasteiger partial charge in [0.2, 0.25) is 0 Å². The summed E-state index contributed by atoms with van der Waals surface area (Å²) in [4.78, 5) is 13.8. The predicted molar refractivity (Wildman–Crippen MR) is 76.5 cm³/mol. The van der Waals surface area contributed by atoms with Crippen molar-refractivity contribution >= 4 is 17.7 Å². The Morgan fingerprint density at radius 2 is 1.89 bits per heavy atom. The lowest BCUT2D eigenvalue weighted by Crippen LogP contribution is -2.46. The van der Waals surface area contributed by atoms with Crippen molar-refractivity contribution in [1.29, 1.82) is 0 Å². The minimum Gasteiger partial charge on any atom is -0.439 e. The van der Waals surface area contributed by atoms with Gasteiger partial charge in [0.05, 0.1) is 6.04 Å². The fraction of sp³-hybridized carbons (Fsp3) is 0.533. The molecule has 0 saturated carbocycles. The molecule has 2 atom stereocenters. The van der Waals surface area contributed by atoms with Crippen LogP contribution in [-0.4, -0.2) is 22.6 Å². The molecule has 104 valence electrons. The number of benzene rings is 1. The van der Waals surface area contributed by atoms with Crippen LogP contribution in [0.2, 0.25) is 5.02 Å². The zero-order valence-corrected chi connectivity index (χ0v) is 12.8. The first-order chi connectivity index (χ1) is 8.70. The highest BCUT2D eigenvalue weighted by atomic mass is 35.5. The van der Waals surface area contributed by atoms with Gasteiger partial charge in [0.1, 0.15) is 6.10 Å². The third-order valence-corrected chi connectivity index (χ3v) is 3.60. The quantitative estimate of drug-likeness (QED) is 0.767. The molecule has 1 saturated heterocycles. The van der Waals surface area contributed by atoms with Crippen molar-refractivity contribution in [2.75, 3.05) is 0 Å². The van der Waals surface area contributed by atoms with E-state index in [1.165, 1.54) is 0 Å². The van der Waals surface area contributed by atoms with Gasteiger partial charge in [0.15, 0.2) is 0 Å². The Labute approximate surface area is 119 Å². The van der Waals surface area contributed by atoms with Crippen LogP contribution in [0.5, 0.6) is 0 Å². The molecule has 0 N–H and O–H groups in total. The van der Waals surface area contributed by atoms with Crippen LogP contribution in [0.25, 0.3) is 0 Å². The van der Waals surface area contributed by atoms with E-state index in [2.05, 4.69) is 0 Å². The second-order valence-electron chi connectivity index (χ2n) is 6.15. The average Bonchev–Trinajstić information content (AvgIpc) is 2.51. The lowest BCUT2D eigenvalue weighted by Gasteiger charge is -2.33. The van der Waals surface area contributed by atoms with Gasteiger partial charge in [-0.2, -0.15) is 0 Å². The van der Waals surface area contributed by atoms with Crippen molar-refractivity contribution in [3.8, 4) is 0 Å². The molecule has 1 heterocycles. The molecule has 1 aliphatic heterocycles. The average molecular weight is 282 g/mol. The van der Waals surface area contributed by atoms with Crippen LogP contribution in [0.1, 0.15) is 44.9 Å². The summed E-state index contributed by atoms with van der Waals surface area (Å²) < 4.78 is 5.54. The number of carbonyl (C=O) groups excluding carboxylic acids is 1. The monoisotopic (exact) mass is 281 g/mol. The zero-order chi connectivity index (χ0) is 14.4. The molecule has 1 aromatic carbocycles. The van der Waals surface area contributed by atoms with E-state index in [0.29, 0.717) is 5.02 Å². The van der Waals surface area contributed by atoms with Crippen LogP contribution >= 0.6 is 11.6 Å². The van der Waals surface area contributed by atoms with Crippen LogP contribution in [0.15, 0.2) is 18.2 Å². The van der Waals surface area contributed by atoms with E-state index in [1.807, 2.05) is 52.8 Å². The third-order valence-electron chi connectivity index (χ3n) is 3.39. The molecular weight excluding hydrogens is 262 g/mol.